The van der Waals surface area contributed by atoms with Crippen LogP contribution in [0.15, 0.2) is 56.3 Å². The van der Waals surface area contributed by atoms with Crippen LogP contribution in [-0.4, -0.2) is 18.6 Å². The first-order valence-electron chi connectivity index (χ1n) is 5.85. The number of carbonyl (C=O) groups is 1. The van der Waals surface area contributed by atoms with Crippen molar-refractivity contribution in [3.63, 3.8) is 0 Å². The Bertz CT molecular complexity index is 612. The van der Waals surface area contributed by atoms with Gasteiger partial charge in [-0.05, 0) is 52.5 Å². The molecule has 0 aliphatic rings. The zero-order valence-corrected chi connectivity index (χ0v) is 14.7. The highest BCUT2D eigenvalue weighted by atomic mass is 79.9. The number of thioether (sulfide) groups is 1. The number of benzene rings is 2. The van der Waals surface area contributed by atoms with Crippen LogP contribution in [0.1, 0.15) is 10.4 Å². The number of ketones is 1. The van der Waals surface area contributed by atoms with Crippen molar-refractivity contribution >= 4 is 49.4 Å². The maximum Gasteiger partial charge on any atom is 0.200 e. The Hall–Kier alpha value is -0.780. The minimum Gasteiger partial charge on any atom is -0.484 e. The van der Waals surface area contributed by atoms with Crippen LogP contribution in [0.3, 0.4) is 0 Å². The van der Waals surface area contributed by atoms with Gasteiger partial charge in [0.1, 0.15) is 5.75 Å². The molecule has 0 fully saturated rings. The summed E-state index contributed by atoms with van der Waals surface area (Å²) in [5, 5.41) is 0. The molecule has 2 aromatic carbocycles. The van der Waals surface area contributed by atoms with E-state index in [4.69, 9.17) is 4.74 Å². The van der Waals surface area contributed by atoms with Crippen molar-refractivity contribution in [2.75, 3.05) is 12.9 Å². The average Bonchev–Trinajstić information content (AvgIpc) is 2.46. The highest BCUT2D eigenvalue weighted by Gasteiger charge is 2.08. The second-order valence-corrected chi connectivity index (χ2v) is 6.66. The molecule has 0 aliphatic carbocycles. The minimum atomic E-state index is -0.0347. The van der Waals surface area contributed by atoms with Crippen molar-refractivity contribution in [2.24, 2.45) is 0 Å². The number of carbonyl (C=O) groups excluding carboxylic acids is 1. The van der Waals surface area contributed by atoms with Crippen LogP contribution in [0, 0.1) is 0 Å². The molecule has 5 heteroatoms. The van der Waals surface area contributed by atoms with E-state index in [9.17, 15) is 4.79 Å². The van der Waals surface area contributed by atoms with E-state index in [0.29, 0.717) is 11.3 Å². The Labute approximate surface area is 139 Å². The van der Waals surface area contributed by atoms with Crippen LogP contribution in [0.25, 0.3) is 0 Å². The topological polar surface area (TPSA) is 26.3 Å². The van der Waals surface area contributed by atoms with E-state index in [1.165, 1.54) is 0 Å². The van der Waals surface area contributed by atoms with Gasteiger partial charge in [-0.25, -0.2) is 0 Å². The third kappa shape index (κ3) is 4.11. The monoisotopic (exact) mass is 414 g/mol. The van der Waals surface area contributed by atoms with E-state index in [1.807, 2.05) is 48.7 Å². The Balaban J connectivity index is 2.00. The van der Waals surface area contributed by atoms with Gasteiger partial charge in [0.2, 0.25) is 0 Å². The fraction of sp³-hybridized carbons (Fsp3) is 0.133. The molecule has 0 saturated heterocycles. The lowest BCUT2D eigenvalue weighted by Crippen LogP contribution is -2.11. The predicted octanol–water partition coefficient (Wildman–Crippen LogP) is 5.20. The van der Waals surface area contributed by atoms with E-state index in [1.54, 1.807) is 11.8 Å². The summed E-state index contributed by atoms with van der Waals surface area (Å²) >= 11 is 8.42. The van der Waals surface area contributed by atoms with Crippen molar-refractivity contribution in [2.45, 2.75) is 4.90 Å². The van der Waals surface area contributed by atoms with Crippen LogP contribution < -0.4 is 4.74 Å². The first kappa shape index (κ1) is 15.6. The Kier molecular flexibility index (Phi) is 5.69. The lowest BCUT2D eigenvalue weighted by Gasteiger charge is -2.08. The van der Waals surface area contributed by atoms with Gasteiger partial charge in [0.15, 0.2) is 12.4 Å². The molecule has 0 saturated carbocycles. The molecule has 0 bridgehead atoms. The summed E-state index contributed by atoms with van der Waals surface area (Å²) in [6.07, 6.45) is 2.00. The summed E-state index contributed by atoms with van der Waals surface area (Å²) in [6.45, 7) is 0.0266. The van der Waals surface area contributed by atoms with Crippen molar-refractivity contribution in [1.82, 2.24) is 0 Å². The fourth-order valence-electron chi connectivity index (χ4n) is 1.60. The molecule has 0 unspecified atom stereocenters. The van der Waals surface area contributed by atoms with Gasteiger partial charge in [-0.3, -0.25) is 4.79 Å². The van der Waals surface area contributed by atoms with Crippen molar-refractivity contribution < 1.29 is 9.53 Å². The number of hydrogen-bond acceptors (Lipinski definition) is 3. The van der Waals surface area contributed by atoms with Gasteiger partial charge in [-0.1, -0.05) is 28.1 Å². The molecule has 20 heavy (non-hydrogen) atoms. The van der Waals surface area contributed by atoms with E-state index < -0.39 is 0 Å². The quantitative estimate of drug-likeness (QED) is 0.496. The molecule has 0 radical (unpaired) electrons. The second-order valence-electron chi connectivity index (χ2n) is 4.02. The van der Waals surface area contributed by atoms with Crippen molar-refractivity contribution in [3.05, 3.63) is 57.0 Å². The summed E-state index contributed by atoms with van der Waals surface area (Å²) in [7, 11) is 0. The number of Topliss-reactive ketones (excluding diaryl/α,β-unsaturated/α-hetero) is 1. The summed E-state index contributed by atoms with van der Waals surface area (Å²) in [5.41, 5.74) is 0.663. The first-order valence-corrected chi connectivity index (χ1v) is 8.66. The van der Waals surface area contributed by atoms with Crippen molar-refractivity contribution in [3.8, 4) is 5.75 Å². The standard InChI is InChI=1S/C15H12Br2O2S/c1-20-12-5-2-10(3-6-12)14(18)9-19-15-7-4-11(16)8-13(15)17/h2-8H,9H2,1H3. The number of rotatable bonds is 5. The second kappa shape index (κ2) is 7.29. The fourth-order valence-corrected chi connectivity index (χ4v) is 3.17. The van der Waals surface area contributed by atoms with Crippen LogP contribution in [0.4, 0.5) is 0 Å². The van der Waals surface area contributed by atoms with Crippen molar-refractivity contribution in [1.29, 1.82) is 0 Å². The molecule has 0 atom stereocenters. The van der Waals surface area contributed by atoms with Crippen LogP contribution in [-0.2, 0) is 0 Å². The van der Waals surface area contributed by atoms with Gasteiger partial charge in [0.05, 0.1) is 4.47 Å². The molecule has 2 nitrogen and oxygen atoms in total. The minimum absolute atomic E-state index is 0.0266. The molecule has 2 aromatic rings. The molecule has 0 amide bonds. The third-order valence-electron chi connectivity index (χ3n) is 2.66. The lowest BCUT2D eigenvalue weighted by molar-refractivity contribution is 0.0921. The number of halogens is 2. The van der Waals surface area contributed by atoms with Crippen LogP contribution in [0.5, 0.6) is 5.75 Å². The Morgan fingerprint density at radius 1 is 1.15 bits per heavy atom. The number of hydrogen-bond donors (Lipinski definition) is 0. The van der Waals surface area contributed by atoms with Gasteiger partial charge in [0.25, 0.3) is 0 Å². The average molecular weight is 416 g/mol. The summed E-state index contributed by atoms with van der Waals surface area (Å²) in [4.78, 5) is 13.2. The van der Waals surface area contributed by atoms with E-state index in [-0.39, 0.29) is 12.4 Å². The largest absolute Gasteiger partial charge is 0.484 e. The zero-order chi connectivity index (χ0) is 14.5. The summed E-state index contributed by atoms with van der Waals surface area (Å²) in [5.74, 6) is 0.620. The smallest absolute Gasteiger partial charge is 0.200 e. The van der Waals surface area contributed by atoms with Crippen LogP contribution in [0.2, 0.25) is 0 Å². The molecular formula is C15H12Br2O2S. The van der Waals surface area contributed by atoms with Gasteiger partial charge < -0.3 is 4.74 Å². The normalized spacial score (nSPS) is 10.3. The van der Waals surface area contributed by atoms with E-state index >= 15 is 0 Å². The molecule has 0 aliphatic heterocycles. The molecule has 0 spiro atoms. The van der Waals surface area contributed by atoms with E-state index in [0.717, 1.165) is 13.8 Å². The van der Waals surface area contributed by atoms with E-state index in [2.05, 4.69) is 31.9 Å². The maximum absolute atomic E-state index is 12.0. The van der Waals surface area contributed by atoms with Gasteiger partial charge in [0, 0.05) is 14.9 Å². The highest BCUT2D eigenvalue weighted by molar-refractivity contribution is 9.11. The molecule has 0 aromatic heterocycles. The maximum atomic E-state index is 12.0. The molecule has 104 valence electrons. The Morgan fingerprint density at radius 3 is 2.45 bits per heavy atom. The van der Waals surface area contributed by atoms with Crippen LogP contribution >= 0.6 is 43.6 Å². The zero-order valence-electron chi connectivity index (χ0n) is 10.7. The number of ether oxygens (including phenoxy) is 1. The third-order valence-corrected chi connectivity index (χ3v) is 4.52. The SMILES string of the molecule is CSc1ccc(C(=O)COc2ccc(Br)cc2Br)cc1. The van der Waals surface area contributed by atoms with Gasteiger partial charge in [-0.15, -0.1) is 11.8 Å². The summed E-state index contributed by atoms with van der Waals surface area (Å²) < 4.78 is 7.31. The summed E-state index contributed by atoms with van der Waals surface area (Å²) in [6, 6.07) is 13.1. The highest BCUT2D eigenvalue weighted by Crippen LogP contribution is 2.28. The molecular weight excluding hydrogens is 404 g/mol. The van der Waals surface area contributed by atoms with Gasteiger partial charge >= 0.3 is 0 Å². The molecule has 0 heterocycles. The Morgan fingerprint density at radius 2 is 1.85 bits per heavy atom. The van der Waals surface area contributed by atoms with Gasteiger partial charge in [-0.2, -0.15) is 0 Å². The molecule has 0 N–H and O–H groups in total. The first-order chi connectivity index (χ1) is 9.60. The molecule has 2 rings (SSSR count). The lowest BCUT2D eigenvalue weighted by atomic mass is 10.1. The predicted molar refractivity (Wildman–Crippen MR) is 89.9 cm³/mol.